The second-order valence-corrected chi connectivity index (χ2v) is 8.65. The third-order valence-electron chi connectivity index (χ3n) is 6.22. The molecule has 3 heterocycles. The van der Waals surface area contributed by atoms with Crippen molar-refractivity contribution in [3.05, 3.63) is 82.9 Å². The number of nitrogens with one attached hydrogen (secondary N) is 3. The predicted molar refractivity (Wildman–Crippen MR) is 134 cm³/mol. The van der Waals surface area contributed by atoms with Gasteiger partial charge in [0.15, 0.2) is 12.3 Å². The van der Waals surface area contributed by atoms with Gasteiger partial charge in [-0.2, -0.15) is 0 Å². The van der Waals surface area contributed by atoms with Crippen LogP contribution in [0.4, 0.5) is 5.69 Å². The molecule has 2 aromatic carbocycles. The molecule has 2 aromatic heterocycles. The number of aromatic amines is 1. The van der Waals surface area contributed by atoms with Crippen LogP contribution in [0.1, 0.15) is 50.0 Å². The number of ether oxygens (including phenoxy) is 1. The molecular formula is C26H24N6O5. The molecule has 0 radical (unpaired) electrons. The number of carbonyl (C=O) groups is 3. The molecule has 188 valence electrons. The summed E-state index contributed by atoms with van der Waals surface area (Å²) in [7, 11) is 0. The Bertz CT molecular complexity index is 1510. The van der Waals surface area contributed by atoms with Crippen LogP contribution in [-0.4, -0.2) is 44.4 Å². The molecule has 2 aliphatic rings. The van der Waals surface area contributed by atoms with Crippen LogP contribution in [0, 0.1) is 0 Å². The first-order valence-electron chi connectivity index (χ1n) is 11.6. The molecule has 6 rings (SSSR count). The number of rotatable bonds is 4. The number of benzene rings is 2. The molecule has 0 saturated carbocycles. The number of hydrogen-bond donors (Lipinski definition) is 5. The number of H-pyrrole nitrogens is 1. The third kappa shape index (κ3) is 4.98. The van der Waals surface area contributed by atoms with Gasteiger partial charge in [-0.1, -0.05) is 30.3 Å². The number of carboxylic acid groups (broad SMARTS) is 1. The van der Waals surface area contributed by atoms with Crippen LogP contribution in [0.15, 0.2) is 55.0 Å². The van der Waals surface area contributed by atoms with Gasteiger partial charge in [0.25, 0.3) is 11.8 Å². The molecular weight excluding hydrogens is 476 g/mol. The lowest BCUT2D eigenvalue weighted by molar-refractivity contribution is -0.118. The van der Waals surface area contributed by atoms with Crippen molar-refractivity contribution in [3.63, 3.8) is 0 Å². The Kier molecular flexibility index (Phi) is 6.52. The van der Waals surface area contributed by atoms with E-state index in [-0.39, 0.29) is 41.3 Å². The van der Waals surface area contributed by atoms with E-state index in [1.807, 2.05) is 0 Å². The molecule has 1 aliphatic heterocycles. The molecule has 0 saturated heterocycles. The number of amides is 2. The highest BCUT2D eigenvalue weighted by Gasteiger charge is 2.20. The maximum absolute atomic E-state index is 12.5. The minimum Gasteiger partial charge on any atom is -0.482 e. The van der Waals surface area contributed by atoms with Gasteiger partial charge in [0.05, 0.1) is 11.2 Å². The van der Waals surface area contributed by atoms with Crippen molar-refractivity contribution >= 4 is 34.5 Å². The van der Waals surface area contributed by atoms with Gasteiger partial charge in [0, 0.05) is 18.8 Å². The monoisotopic (exact) mass is 500 g/mol. The predicted octanol–water partition coefficient (Wildman–Crippen LogP) is 2.55. The largest absolute Gasteiger partial charge is 0.482 e. The average molecular weight is 501 g/mol. The Morgan fingerprint density at radius 3 is 2.84 bits per heavy atom. The van der Waals surface area contributed by atoms with Crippen molar-refractivity contribution in [2.45, 2.75) is 25.4 Å². The Hall–Kier alpha value is -4.77. The van der Waals surface area contributed by atoms with E-state index in [1.54, 1.807) is 18.2 Å². The molecule has 0 fully saturated rings. The van der Waals surface area contributed by atoms with Gasteiger partial charge in [-0.3, -0.25) is 9.59 Å². The number of carbonyl (C=O) groups excluding carboxylic acids is 2. The zero-order chi connectivity index (χ0) is 25.9. The Balaban J connectivity index is 0.000000233. The van der Waals surface area contributed by atoms with Crippen LogP contribution >= 0.6 is 0 Å². The molecule has 11 heteroatoms. The van der Waals surface area contributed by atoms with Gasteiger partial charge in [0.1, 0.15) is 23.2 Å². The second kappa shape index (κ2) is 10.1. The molecule has 37 heavy (non-hydrogen) atoms. The van der Waals surface area contributed by atoms with E-state index in [0.717, 1.165) is 24.7 Å². The van der Waals surface area contributed by atoms with E-state index in [0.29, 0.717) is 17.5 Å². The molecule has 4 aromatic rings. The Morgan fingerprint density at radius 1 is 1.19 bits per heavy atom. The van der Waals surface area contributed by atoms with Gasteiger partial charge in [0.2, 0.25) is 0 Å². The number of aromatic carboxylic acids is 1. The summed E-state index contributed by atoms with van der Waals surface area (Å²) in [5, 5.41) is 14.6. The second-order valence-electron chi connectivity index (χ2n) is 8.65. The number of nitrogens with zero attached hydrogens (tertiary/aromatic N) is 2. The fourth-order valence-corrected chi connectivity index (χ4v) is 4.37. The summed E-state index contributed by atoms with van der Waals surface area (Å²) in [6.45, 7) is 0.154. The van der Waals surface area contributed by atoms with Crippen LogP contribution in [0.3, 0.4) is 0 Å². The summed E-state index contributed by atoms with van der Waals surface area (Å²) < 4.78 is 5.29. The molecule has 2 amide bonds. The van der Waals surface area contributed by atoms with E-state index in [2.05, 4.69) is 49.9 Å². The number of aromatic nitrogens is 3. The summed E-state index contributed by atoms with van der Waals surface area (Å²) in [4.78, 5) is 45.7. The van der Waals surface area contributed by atoms with E-state index in [9.17, 15) is 14.4 Å². The van der Waals surface area contributed by atoms with Gasteiger partial charge < -0.3 is 31.2 Å². The van der Waals surface area contributed by atoms with Crippen molar-refractivity contribution in [3.8, 4) is 5.75 Å². The van der Waals surface area contributed by atoms with Crippen LogP contribution in [0.2, 0.25) is 0 Å². The quantitative estimate of drug-likeness (QED) is 0.284. The maximum Gasteiger partial charge on any atom is 0.339 e. The van der Waals surface area contributed by atoms with Crippen molar-refractivity contribution in [1.29, 1.82) is 0 Å². The first-order chi connectivity index (χ1) is 17.9. The Labute approximate surface area is 211 Å². The van der Waals surface area contributed by atoms with E-state index >= 15 is 0 Å². The zero-order valence-corrected chi connectivity index (χ0v) is 19.7. The SMILES string of the molecule is N[C@@H]1CCc2ccccc21.O=C1COc2ccc(CNC(=O)c3ncnc4c(C(=O)O)c[nH]c34)cc2N1. The number of nitrogens with two attached hydrogens (primary N) is 1. The number of carboxylic acids is 1. The summed E-state index contributed by atoms with van der Waals surface area (Å²) in [5.74, 6) is -1.31. The lowest BCUT2D eigenvalue weighted by Crippen LogP contribution is -2.26. The third-order valence-corrected chi connectivity index (χ3v) is 6.22. The molecule has 0 unspecified atom stereocenters. The van der Waals surface area contributed by atoms with Crippen molar-refractivity contribution < 1.29 is 24.2 Å². The van der Waals surface area contributed by atoms with Crippen LogP contribution < -0.4 is 21.1 Å². The van der Waals surface area contributed by atoms with Crippen molar-refractivity contribution in [2.75, 3.05) is 11.9 Å². The molecule has 1 atom stereocenters. The summed E-state index contributed by atoms with van der Waals surface area (Å²) in [5.41, 5.74) is 10.3. The minimum atomic E-state index is -1.15. The highest BCUT2D eigenvalue weighted by Crippen LogP contribution is 2.29. The number of hydrogen-bond acceptors (Lipinski definition) is 7. The maximum atomic E-state index is 12.5. The van der Waals surface area contributed by atoms with Gasteiger partial charge in [-0.25, -0.2) is 14.8 Å². The summed E-state index contributed by atoms with van der Waals surface area (Å²) in [6.07, 6.45) is 4.70. The zero-order valence-electron chi connectivity index (χ0n) is 19.7. The highest BCUT2D eigenvalue weighted by atomic mass is 16.5. The Morgan fingerprint density at radius 2 is 2.03 bits per heavy atom. The lowest BCUT2D eigenvalue weighted by Gasteiger charge is -2.18. The molecule has 0 bridgehead atoms. The standard InChI is InChI=1S/C17H13N5O5.C9H11N/c23-12-6-27-11-2-1-8(3-10(11)22-12)4-19-16(24)15-14-13(20-7-21-15)9(5-18-14)17(25)26;10-9-6-5-7-3-1-2-4-8(7)9/h1-3,5,7,18H,4,6H2,(H,19,24)(H,22,23)(H,25,26);1-4,9H,5-6,10H2/t;9-/m.1/s1. The van der Waals surface area contributed by atoms with Crippen LogP contribution in [0.5, 0.6) is 5.75 Å². The van der Waals surface area contributed by atoms with Gasteiger partial charge in [-0.15, -0.1) is 0 Å². The lowest BCUT2D eigenvalue weighted by atomic mass is 10.1. The van der Waals surface area contributed by atoms with Crippen molar-refractivity contribution in [1.82, 2.24) is 20.3 Å². The van der Waals surface area contributed by atoms with E-state index in [4.69, 9.17) is 15.6 Å². The van der Waals surface area contributed by atoms with Crippen LogP contribution in [-0.2, 0) is 17.8 Å². The summed E-state index contributed by atoms with van der Waals surface area (Å²) in [6, 6.07) is 13.9. The fraction of sp³-hybridized carbons (Fsp3) is 0.192. The normalized spacial score (nSPS) is 15.5. The first-order valence-corrected chi connectivity index (χ1v) is 11.6. The molecule has 1 aliphatic carbocycles. The summed E-state index contributed by atoms with van der Waals surface area (Å²) >= 11 is 0. The topological polar surface area (TPSA) is 172 Å². The van der Waals surface area contributed by atoms with Gasteiger partial charge >= 0.3 is 5.97 Å². The average Bonchev–Trinajstić information content (AvgIpc) is 3.51. The number of aryl methyl sites for hydroxylation is 1. The highest BCUT2D eigenvalue weighted by molar-refractivity contribution is 6.08. The number of anilines is 1. The van der Waals surface area contributed by atoms with Crippen LogP contribution in [0.25, 0.3) is 11.0 Å². The fourth-order valence-electron chi connectivity index (χ4n) is 4.37. The van der Waals surface area contributed by atoms with Gasteiger partial charge in [-0.05, 0) is 41.7 Å². The molecule has 0 spiro atoms. The van der Waals surface area contributed by atoms with Crippen molar-refractivity contribution in [2.24, 2.45) is 5.73 Å². The molecule has 6 N–H and O–H groups in total. The minimum absolute atomic E-state index is 0.0265. The number of fused-ring (bicyclic) bond motifs is 3. The van der Waals surface area contributed by atoms with E-state index < -0.39 is 11.9 Å². The van der Waals surface area contributed by atoms with E-state index in [1.165, 1.54) is 17.3 Å². The smallest absolute Gasteiger partial charge is 0.339 e. The molecule has 11 nitrogen and oxygen atoms in total. The first kappa shape index (κ1) is 23.9.